The number of guanidine groups is 1. The fraction of sp³-hybridized carbons (Fsp3) is 0.588. The number of nitrogens with one attached hydrogen (secondary N) is 1. The van der Waals surface area contributed by atoms with Gasteiger partial charge >= 0.3 is 0 Å². The Balaban J connectivity index is 1.74. The van der Waals surface area contributed by atoms with E-state index in [0.717, 1.165) is 19.5 Å². The molecule has 0 fully saturated rings. The number of likely N-dealkylation sites (N-methyl/N-ethyl adjacent to an activating group) is 1. The number of nitrogens with zero attached hydrogens (tertiary/aromatic N) is 2. The van der Waals surface area contributed by atoms with Crippen molar-refractivity contribution in [1.82, 2.24) is 5.32 Å². The van der Waals surface area contributed by atoms with Gasteiger partial charge in [-0.05, 0) is 24.5 Å². The molecule has 4 heteroatoms. The van der Waals surface area contributed by atoms with Crippen LogP contribution in [0.1, 0.15) is 38.2 Å². The van der Waals surface area contributed by atoms with Crippen LogP contribution in [0.25, 0.3) is 0 Å². The smallest absolute Gasteiger partial charge is 0.188 e. The summed E-state index contributed by atoms with van der Waals surface area (Å²) in [6.45, 7) is 3.90. The Hall–Kier alpha value is -1.71. The summed E-state index contributed by atoms with van der Waals surface area (Å²) in [7, 11) is 2.14. The van der Waals surface area contributed by atoms with E-state index in [1.807, 2.05) is 0 Å². The van der Waals surface area contributed by atoms with Gasteiger partial charge in [0.1, 0.15) is 0 Å². The Kier molecular flexibility index (Phi) is 5.90. The molecule has 0 radical (unpaired) electrons. The predicted octanol–water partition coefficient (Wildman–Crippen LogP) is 2.53. The number of unbranched alkanes of at least 4 members (excludes halogenated alkanes) is 3. The lowest BCUT2D eigenvalue weighted by atomic mass is 10.1. The first-order valence-corrected chi connectivity index (χ1v) is 8.07. The molecule has 0 saturated carbocycles. The first-order chi connectivity index (χ1) is 10.2. The molecule has 0 bridgehead atoms. The van der Waals surface area contributed by atoms with E-state index in [0.29, 0.717) is 12.0 Å². The molecule has 1 aliphatic heterocycles. The number of benzene rings is 1. The Morgan fingerprint density at radius 2 is 2.14 bits per heavy atom. The molecule has 0 aliphatic carbocycles. The number of nitrogens with two attached hydrogens (primary N) is 1. The van der Waals surface area contributed by atoms with Gasteiger partial charge in [0.2, 0.25) is 0 Å². The monoisotopic (exact) mass is 288 g/mol. The second-order valence-electron chi connectivity index (χ2n) is 5.81. The molecule has 0 spiro atoms. The Labute approximate surface area is 128 Å². The average molecular weight is 288 g/mol. The summed E-state index contributed by atoms with van der Waals surface area (Å²) in [5.74, 6) is 0.579. The maximum atomic E-state index is 5.94. The second kappa shape index (κ2) is 7.91. The number of aliphatic imine (C=N–C) groups is 1. The lowest BCUT2D eigenvalue weighted by Gasteiger charge is -2.21. The number of anilines is 1. The van der Waals surface area contributed by atoms with Crippen LogP contribution < -0.4 is 16.0 Å². The highest BCUT2D eigenvalue weighted by atomic mass is 15.2. The molecule has 1 unspecified atom stereocenters. The molecule has 21 heavy (non-hydrogen) atoms. The van der Waals surface area contributed by atoms with Gasteiger partial charge in [0.15, 0.2) is 5.96 Å². The molecule has 0 saturated heterocycles. The first kappa shape index (κ1) is 15.7. The van der Waals surface area contributed by atoms with Crippen LogP contribution in [0.5, 0.6) is 0 Å². The molecule has 1 heterocycles. The van der Waals surface area contributed by atoms with Crippen LogP contribution in [-0.4, -0.2) is 32.1 Å². The zero-order valence-electron chi connectivity index (χ0n) is 13.3. The maximum absolute atomic E-state index is 5.94. The molecule has 4 nitrogen and oxygen atoms in total. The highest BCUT2D eigenvalue weighted by Gasteiger charge is 2.25. The van der Waals surface area contributed by atoms with Crippen molar-refractivity contribution in [3.05, 3.63) is 29.8 Å². The van der Waals surface area contributed by atoms with E-state index in [1.54, 1.807) is 0 Å². The third-order valence-corrected chi connectivity index (χ3v) is 4.18. The van der Waals surface area contributed by atoms with E-state index < -0.39 is 0 Å². The van der Waals surface area contributed by atoms with Crippen molar-refractivity contribution in [2.45, 2.75) is 45.1 Å². The van der Waals surface area contributed by atoms with E-state index in [2.05, 4.69) is 53.4 Å². The summed E-state index contributed by atoms with van der Waals surface area (Å²) in [6, 6.07) is 8.99. The number of para-hydroxylation sites is 1. The SMILES string of the molecule is CCCCCCNC(N)=NCC1Cc2ccccc2N1C. The number of hydrogen-bond donors (Lipinski definition) is 2. The molecular weight excluding hydrogens is 260 g/mol. The summed E-state index contributed by atoms with van der Waals surface area (Å²) in [4.78, 5) is 6.81. The Morgan fingerprint density at radius 1 is 1.33 bits per heavy atom. The van der Waals surface area contributed by atoms with Gasteiger partial charge < -0.3 is 16.0 Å². The molecule has 1 atom stereocenters. The van der Waals surface area contributed by atoms with Crippen LogP contribution in [0.4, 0.5) is 5.69 Å². The quantitative estimate of drug-likeness (QED) is 0.460. The summed E-state index contributed by atoms with van der Waals surface area (Å²) >= 11 is 0. The number of fused-ring (bicyclic) bond motifs is 1. The first-order valence-electron chi connectivity index (χ1n) is 8.07. The van der Waals surface area contributed by atoms with Crippen molar-refractivity contribution in [3.8, 4) is 0 Å². The molecule has 2 rings (SSSR count). The molecule has 1 aromatic rings. The minimum Gasteiger partial charge on any atom is -0.370 e. The lowest BCUT2D eigenvalue weighted by molar-refractivity contribution is 0.646. The van der Waals surface area contributed by atoms with Crippen LogP contribution >= 0.6 is 0 Å². The van der Waals surface area contributed by atoms with Crippen molar-refractivity contribution >= 4 is 11.6 Å². The zero-order valence-corrected chi connectivity index (χ0v) is 13.3. The normalized spacial score (nSPS) is 17.9. The molecular formula is C17H28N4. The van der Waals surface area contributed by atoms with E-state index in [4.69, 9.17) is 5.73 Å². The molecule has 1 aliphatic rings. The molecule has 0 aromatic heterocycles. The highest BCUT2D eigenvalue weighted by molar-refractivity contribution is 5.77. The highest BCUT2D eigenvalue weighted by Crippen LogP contribution is 2.30. The summed E-state index contributed by atoms with van der Waals surface area (Å²) in [5, 5.41) is 3.21. The molecule has 3 N–H and O–H groups in total. The van der Waals surface area contributed by atoms with E-state index >= 15 is 0 Å². The van der Waals surface area contributed by atoms with Crippen LogP contribution in [0, 0.1) is 0 Å². The third kappa shape index (κ3) is 4.38. The number of rotatable bonds is 7. The van der Waals surface area contributed by atoms with Gasteiger partial charge in [-0.25, -0.2) is 0 Å². The van der Waals surface area contributed by atoms with Gasteiger partial charge in [0, 0.05) is 19.3 Å². The van der Waals surface area contributed by atoms with Crippen molar-refractivity contribution in [2.24, 2.45) is 10.7 Å². The fourth-order valence-corrected chi connectivity index (χ4v) is 2.83. The minimum absolute atomic E-state index is 0.419. The maximum Gasteiger partial charge on any atom is 0.188 e. The third-order valence-electron chi connectivity index (χ3n) is 4.18. The topological polar surface area (TPSA) is 53.6 Å². The fourth-order valence-electron chi connectivity index (χ4n) is 2.83. The van der Waals surface area contributed by atoms with Crippen LogP contribution in [0.3, 0.4) is 0 Å². The molecule has 1 aromatic carbocycles. The van der Waals surface area contributed by atoms with Gasteiger partial charge in [-0.3, -0.25) is 4.99 Å². The molecule has 0 amide bonds. The van der Waals surface area contributed by atoms with Gasteiger partial charge in [0.05, 0.1) is 12.6 Å². The summed E-state index contributed by atoms with van der Waals surface area (Å²) in [5.41, 5.74) is 8.67. The second-order valence-corrected chi connectivity index (χ2v) is 5.81. The summed E-state index contributed by atoms with van der Waals surface area (Å²) in [6.07, 6.45) is 6.04. The lowest BCUT2D eigenvalue weighted by Crippen LogP contribution is -2.36. The summed E-state index contributed by atoms with van der Waals surface area (Å²) < 4.78 is 0. The van der Waals surface area contributed by atoms with Gasteiger partial charge in [-0.1, -0.05) is 44.4 Å². The van der Waals surface area contributed by atoms with Gasteiger partial charge in [-0.2, -0.15) is 0 Å². The zero-order chi connectivity index (χ0) is 15.1. The predicted molar refractivity (Wildman–Crippen MR) is 91.0 cm³/mol. The standard InChI is InChI=1S/C17H28N4/c1-3-4-5-8-11-19-17(18)20-13-15-12-14-9-6-7-10-16(14)21(15)2/h6-7,9-10,15H,3-5,8,11-13H2,1-2H3,(H3,18,19,20). The van der Waals surface area contributed by atoms with E-state index in [-0.39, 0.29) is 0 Å². The van der Waals surface area contributed by atoms with Crippen molar-refractivity contribution < 1.29 is 0 Å². The van der Waals surface area contributed by atoms with Gasteiger partial charge in [0.25, 0.3) is 0 Å². The van der Waals surface area contributed by atoms with E-state index in [9.17, 15) is 0 Å². The van der Waals surface area contributed by atoms with Crippen molar-refractivity contribution in [1.29, 1.82) is 0 Å². The van der Waals surface area contributed by atoms with Crippen molar-refractivity contribution in [3.63, 3.8) is 0 Å². The van der Waals surface area contributed by atoms with Crippen molar-refractivity contribution in [2.75, 3.05) is 25.0 Å². The number of hydrogen-bond acceptors (Lipinski definition) is 2. The van der Waals surface area contributed by atoms with E-state index in [1.165, 1.54) is 36.9 Å². The average Bonchev–Trinajstić information content (AvgIpc) is 2.82. The van der Waals surface area contributed by atoms with Crippen LogP contribution in [-0.2, 0) is 6.42 Å². The largest absolute Gasteiger partial charge is 0.370 e. The minimum atomic E-state index is 0.419. The van der Waals surface area contributed by atoms with Gasteiger partial charge in [-0.15, -0.1) is 0 Å². The van der Waals surface area contributed by atoms with Crippen LogP contribution in [0.2, 0.25) is 0 Å². The van der Waals surface area contributed by atoms with Crippen LogP contribution in [0.15, 0.2) is 29.3 Å². The Bertz CT molecular complexity index is 470. The Morgan fingerprint density at radius 3 is 2.90 bits per heavy atom. The molecule has 116 valence electrons.